The van der Waals surface area contributed by atoms with Crippen LogP contribution in [0.1, 0.15) is 11.9 Å². The number of rotatable bonds is 4. The summed E-state index contributed by atoms with van der Waals surface area (Å²) in [5.74, 6) is 0.890. The van der Waals surface area contributed by atoms with E-state index in [0.29, 0.717) is 22.2 Å². The number of hydrogen-bond acceptors (Lipinski definition) is 8. The van der Waals surface area contributed by atoms with Crippen LogP contribution in [0.25, 0.3) is 11.5 Å². The number of nitro benzene ring substituents is 1. The number of nitrogens with zero attached hydrogens (tertiary/aromatic N) is 4. The van der Waals surface area contributed by atoms with E-state index in [0.717, 1.165) is 19.6 Å². The second kappa shape index (κ2) is 7.93. The van der Waals surface area contributed by atoms with Gasteiger partial charge in [0.1, 0.15) is 0 Å². The number of likely N-dealkylation sites (N-methyl/N-ethyl adjacent to an activating group) is 1. The van der Waals surface area contributed by atoms with E-state index in [1.54, 1.807) is 18.4 Å². The van der Waals surface area contributed by atoms with E-state index in [4.69, 9.17) is 4.52 Å². The zero-order valence-electron chi connectivity index (χ0n) is 13.3. The van der Waals surface area contributed by atoms with Crippen LogP contribution in [0.15, 0.2) is 27.6 Å². The lowest BCUT2D eigenvalue weighted by atomic mass is 10.2. The van der Waals surface area contributed by atoms with E-state index in [2.05, 4.69) is 20.4 Å². The molecule has 1 aromatic heterocycles. The first-order valence-corrected chi connectivity index (χ1v) is 8.40. The van der Waals surface area contributed by atoms with Gasteiger partial charge in [-0.2, -0.15) is 4.98 Å². The molecule has 0 aliphatic carbocycles. The molecule has 1 fully saturated rings. The standard InChI is InChI=1S/C14H17N5O3S.ClH/c1-18-6-5-15-8-11(18)13-16-14(22-17-13)9-3-4-12(23-2)10(7-9)19(20)21;/h3-4,7,11,15H,5-6,8H2,1-2H3;1H. The highest BCUT2D eigenvalue weighted by molar-refractivity contribution is 7.98. The molecule has 2 aromatic rings. The van der Waals surface area contributed by atoms with Crippen LogP contribution in [-0.4, -0.2) is 52.9 Å². The van der Waals surface area contributed by atoms with Crippen molar-refractivity contribution in [2.24, 2.45) is 0 Å². The summed E-state index contributed by atoms with van der Waals surface area (Å²) < 4.78 is 5.32. The predicted molar refractivity (Wildman–Crippen MR) is 93.7 cm³/mol. The lowest BCUT2D eigenvalue weighted by molar-refractivity contribution is -0.387. The quantitative estimate of drug-likeness (QED) is 0.497. The van der Waals surface area contributed by atoms with Crippen molar-refractivity contribution in [3.05, 3.63) is 34.1 Å². The fraction of sp³-hybridized carbons (Fsp3) is 0.429. The molecule has 0 amide bonds. The fourth-order valence-corrected chi connectivity index (χ4v) is 3.09. The molecule has 10 heteroatoms. The molecule has 130 valence electrons. The van der Waals surface area contributed by atoms with E-state index in [1.165, 1.54) is 17.8 Å². The molecule has 0 bridgehead atoms. The molecule has 1 aromatic carbocycles. The molecule has 0 radical (unpaired) electrons. The van der Waals surface area contributed by atoms with E-state index in [-0.39, 0.29) is 24.1 Å². The van der Waals surface area contributed by atoms with E-state index >= 15 is 0 Å². The summed E-state index contributed by atoms with van der Waals surface area (Å²) in [5.41, 5.74) is 0.603. The average Bonchev–Trinajstić information content (AvgIpc) is 3.04. The minimum atomic E-state index is -0.397. The predicted octanol–water partition coefficient (Wildman–Crippen LogP) is 2.36. The number of halogens is 1. The zero-order valence-corrected chi connectivity index (χ0v) is 14.9. The Morgan fingerprint density at radius 1 is 1.50 bits per heavy atom. The lowest BCUT2D eigenvalue weighted by Gasteiger charge is -2.30. The van der Waals surface area contributed by atoms with Crippen LogP contribution in [0.4, 0.5) is 5.69 Å². The Hall–Kier alpha value is -1.68. The molecule has 1 N–H and O–H groups in total. The Morgan fingerprint density at radius 2 is 2.29 bits per heavy atom. The first-order valence-electron chi connectivity index (χ1n) is 7.17. The van der Waals surface area contributed by atoms with Gasteiger partial charge in [0.2, 0.25) is 0 Å². The summed E-state index contributed by atoms with van der Waals surface area (Å²) in [6.45, 7) is 2.59. The second-order valence-electron chi connectivity index (χ2n) is 5.30. The van der Waals surface area contributed by atoms with Crippen LogP contribution in [0.5, 0.6) is 0 Å². The van der Waals surface area contributed by atoms with Crippen LogP contribution < -0.4 is 5.32 Å². The zero-order chi connectivity index (χ0) is 16.4. The average molecular weight is 372 g/mol. The van der Waals surface area contributed by atoms with Crippen molar-refractivity contribution >= 4 is 29.9 Å². The molecular formula is C14H18ClN5O3S. The molecule has 1 aliphatic rings. The topological polar surface area (TPSA) is 97.3 Å². The molecule has 0 spiro atoms. The molecule has 1 unspecified atom stereocenters. The van der Waals surface area contributed by atoms with Crippen molar-refractivity contribution < 1.29 is 9.45 Å². The number of piperazine rings is 1. The van der Waals surface area contributed by atoms with Gasteiger partial charge in [-0.1, -0.05) is 5.16 Å². The minimum absolute atomic E-state index is 0. The van der Waals surface area contributed by atoms with Crippen molar-refractivity contribution in [3.63, 3.8) is 0 Å². The highest BCUT2D eigenvalue weighted by Crippen LogP contribution is 2.32. The second-order valence-corrected chi connectivity index (χ2v) is 6.15. The highest BCUT2D eigenvalue weighted by Gasteiger charge is 2.26. The summed E-state index contributed by atoms with van der Waals surface area (Å²) in [6.07, 6.45) is 1.80. The Labute approximate surface area is 149 Å². The number of thioether (sulfide) groups is 1. The maximum Gasteiger partial charge on any atom is 0.283 e. The van der Waals surface area contributed by atoms with Crippen molar-refractivity contribution in [2.45, 2.75) is 10.9 Å². The van der Waals surface area contributed by atoms with Crippen LogP contribution in [0.3, 0.4) is 0 Å². The van der Waals surface area contributed by atoms with Crippen molar-refractivity contribution in [3.8, 4) is 11.5 Å². The Kier molecular flexibility index (Phi) is 6.16. The Balaban J connectivity index is 0.00000208. The third kappa shape index (κ3) is 3.69. The molecule has 8 nitrogen and oxygen atoms in total. The maximum atomic E-state index is 11.2. The number of hydrogen-bond donors (Lipinski definition) is 1. The molecule has 24 heavy (non-hydrogen) atoms. The third-order valence-electron chi connectivity index (χ3n) is 3.87. The van der Waals surface area contributed by atoms with Crippen LogP contribution in [0.2, 0.25) is 0 Å². The van der Waals surface area contributed by atoms with Gasteiger partial charge in [0.25, 0.3) is 11.6 Å². The van der Waals surface area contributed by atoms with Crippen molar-refractivity contribution in [1.29, 1.82) is 0 Å². The molecule has 1 saturated heterocycles. The van der Waals surface area contributed by atoms with Gasteiger partial charge < -0.3 is 9.84 Å². The van der Waals surface area contributed by atoms with Gasteiger partial charge in [-0.15, -0.1) is 24.2 Å². The highest BCUT2D eigenvalue weighted by atomic mass is 35.5. The largest absolute Gasteiger partial charge is 0.334 e. The fourth-order valence-electron chi connectivity index (χ4n) is 2.55. The van der Waals surface area contributed by atoms with Gasteiger partial charge in [-0.05, 0) is 25.4 Å². The molecular weight excluding hydrogens is 354 g/mol. The van der Waals surface area contributed by atoms with E-state index in [1.807, 2.05) is 7.05 Å². The van der Waals surface area contributed by atoms with Gasteiger partial charge in [0.05, 0.1) is 15.9 Å². The van der Waals surface area contributed by atoms with Gasteiger partial charge >= 0.3 is 0 Å². The number of nitrogens with one attached hydrogen (secondary N) is 1. The lowest BCUT2D eigenvalue weighted by Crippen LogP contribution is -2.44. The van der Waals surface area contributed by atoms with Crippen molar-refractivity contribution in [1.82, 2.24) is 20.4 Å². The SMILES string of the molecule is CSc1ccc(-c2nc(C3CNCCN3C)no2)cc1[N+](=O)[O-].Cl. The maximum absolute atomic E-state index is 11.2. The number of benzene rings is 1. The molecule has 1 atom stereocenters. The normalized spacial score (nSPS) is 18.2. The first-order chi connectivity index (χ1) is 11.1. The van der Waals surface area contributed by atoms with Gasteiger partial charge in [0.15, 0.2) is 5.82 Å². The third-order valence-corrected chi connectivity index (χ3v) is 4.66. The summed E-state index contributed by atoms with van der Waals surface area (Å²) in [6, 6.07) is 4.99. The summed E-state index contributed by atoms with van der Waals surface area (Å²) in [4.78, 5) is 18.0. The minimum Gasteiger partial charge on any atom is -0.334 e. The Morgan fingerprint density at radius 3 is 2.96 bits per heavy atom. The van der Waals surface area contributed by atoms with Crippen molar-refractivity contribution in [2.75, 3.05) is 32.9 Å². The number of nitro groups is 1. The van der Waals surface area contributed by atoms with Crippen LogP contribution in [-0.2, 0) is 0 Å². The Bertz CT molecular complexity index is 726. The van der Waals surface area contributed by atoms with Gasteiger partial charge in [0, 0.05) is 31.3 Å². The number of aromatic nitrogens is 2. The molecule has 3 rings (SSSR count). The summed E-state index contributed by atoms with van der Waals surface area (Å²) in [7, 11) is 2.01. The molecule has 0 saturated carbocycles. The monoisotopic (exact) mass is 371 g/mol. The molecule has 2 heterocycles. The van der Waals surface area contributed by atoms with Crippen LogP contribution >= 0.6 is 24.2 Å². The smallest absolute Gasteiger partial charge is 0.283 e. The summed E-state index contributed by atoms with van der Waals surface area (Å²) in [5, 5.41) is 18.5. The van der Waals surface area contributed by atoms with E-state index in [9.17, 15) is 10.1 Å². The van der Waals surface area contributed by atoms with Gasteiger partial charge in [-0.3, -0.25) is 15.0 Å². The van der Waals surface area contributed by atoms with Gasteiger partial charge in [-0.25, -0.2) is 0 Å². The van der Waals surface area contributed by atoms with E-state index < -0.39 is 4.92 Å². The molecule has 1 aliphatic heterocycles. The summed E-state index contributed by atoms with van der Waals surface area (Å²) >= 11 is 1.33. The van der Waals surface area contributed by atoms with Crippen LogP contribution in [0, 0.1) is 10.1 Å². The first kappa shape index (κ1) is 18.7.